The molecule has 0 aromatic heterocycles. The molecule has 1 aliphatic carbocycles. The predicted molar refractivity (Wildman–Crippen MR) is 75.6 cm³/mol. The maximum Gasteiger partial charge on any atom is 0.238 e. The average Bonchev–Trinajstić information content (AvgIpc) is 2.70. The Labute approximate surface area is 115 Å². The van der Waals surface area contributed by atoms with Crippen LogP contribution in [-0.2, 0) is 4.79 Å². The summed E-state index contributed by atoms with van der Waals surface area (Å²) in [6.07, 6.45) is 3.92. The molecule has 2 atom stereocenters. The zero-order valence-corrected chi connectivity index (χ0v) is 11.7. The Kier molecular flexibility index (Phi) is 3.31. The van der Waals surface area contributed by atoms with Crippen LogP contribution in [0.2, 0.25) is 0 Å². The van der Waals surface area contributed by atoms with Crippen molar-refractivity contribution in [1.82, 2.24) is 10.2 Å². The number of benzene rings is 1. The maximum atomic E-state index is 12.2. The minimum Gasteiger partial charge on any atom is -0.319 e. The minimum absolute atomic E-state index is 0.0590. The van der Waals surface area contributed by atoms with E-state index >= 15 is 0 Å². The molecule has 1 N–H and O–H groups in total. The molecule has 2 fully saturated rings. The van der Waals surface area contributed by atoms with Gasteiger partial charge in [-0.25, -0.2) is 0 Å². The summed E-state index contributed by atoms with van der Waals surface area (Å²) < 4.78 is 0. The van der Waals surface area contributed by atoms with Crippen LogP contribution in [0.3, 0.4) is 0 Å². The summed E-state index contributed by atoms with van der Waals surface area (Å²) in [6, 6.07) is 8.85. The molecule has 1 aromatic carbocycles. The van der Waals surface area contributed by atoms with Gasteiger partial charge in [-0.1, -0.05) is 36.2 Å². The van der Waals surface area contributed by atoms with Crippen molar-refractivity contribution in [3.8, 4) is 0 Å². The Hall–Kier alpha value is -1.35. The Balaban J connectivity index is 1.83. The van der Waals surface area contributed by atoms with Crippen LogP contribution in [0.1, 0.15) is 43.5 Å². The van der Waals surface area contributed by atoms with E-state index in [4.69, 9.17) is 0 Å². The maximum absolute atomic E-state index is 12.2. The molecule has 0 bridgehead atoms. The lowest BCUT2D eigenvalue weighted by molar-refractivity contribution is -0.131. The summed E-state index contributed by atoms with van der Waals surface area (Å²) in [5.74, 6) is 0.932. The van der Waals surface area contributed by atoms with E-state index in [0.29, 0.717) is 18.5 Å². The van der Waals surface area contributed by atoms with Crippen LogP contribution in [0.4, 0.5) is 0 Å². The molecule has 2 unspecified atom stereocenters. The van der Waals surface area contributed by atoms with Crippen molar-refractivity contribution in [3.05, 3.63) is 35.4 Å². The summed E-state index contributed by atoms with van der Waals surface area (Å²) >= 11 is 0. The molecule has 1 aliphatic heterocycles. The van der Waals surface area contributed by atoms with Crippen molar-refractivity contribution in [3.63, 3.8) is 0 Å². The van der Waals surface area contributed by atoms with Gasteiger partial charge >= 0.3 is 0 Å². The van der Waals surface area contributed by atoms with Gasteiger partial charge in [0.15, 0.2) is 0 Å². The molecule has 1 saturated heterocycles. The number of nitrogens with one attached hydrogen (secondary N) is 1. The molecule has 0 radical (unpaired) electrons. The highest BCUT2D eigenvalue weighted by Crippen LogP contribution is 2.36. The number of hydrogen-bond donors (Lipinski definition) is 1. The number of amides is 1. The number of carbonyl (C=O) groups is 1. The van der Waals surface area contributed by atoms with Crippen molar-refractivity contribution in [1.29, 1.82) is 0 Å². The van der Waals surface area contributed by atoms with Gasteiger partial charge in [0, 0.05) is 6.04 Å². The zero-order valence-electron chi connectivity index (χ0n) is 11.7. The van der Waals surface area contributed by atoms with E-state index in [1.807, 2.05) is 0 Å². The van der Waals surface area contributed by atoms with Crippen LogP contribution < -0.4 is 5.32 Å². The molecular weight excluding hydrogens is 236 g/mol. The van der Waals surface area contributed by atoms with Gasteiger partial charge in [0.1, 0.15) is 6.17 Å². The van der Waals surface area contributed by atoms with E-state index in [1.165, 1.54) is 30.4 Å². The van der Waals surface area contributed by atoms with Gasteiger partial charge in [-0.2, -0.15) is 0 Å². The molecule has 1 amide bonds. The van der Waals surface area contributed by atoms with Crippen LogP contribution in [0, 0.1) is 12.8 Å². The zero-order chi connectivity index (χ0) is 13.4. The van der Waals surface area contributed by atoms with E-state index in [-0.39, 0.29) is 12.1 Å². The fraction of sp³-hybridized carbons (Fsp3) is 0.562. The standard InChI is InChI=1S/C16H22N2O/c1-11-6-8-14(9-7-11)16-17-10-15(19)18(16)12(2)13-4-3-5-13/h6-9,12-13,16-17H,3-5,10H2,1-2H3. The Bertz CT molecular complexity index is 464. The molecule has 102 valence electrons. The van der Waals surface area contributed by atoms with Crippen LogP contribution in [0.25, 0.3) is 0 Å². The molecule has 1 heterocycles. The first-order valence-corrected chi connectivity index (χ1v) is 7.28. The Morgan fingerprint density at radius 2 is 1.95 bits per heavy atom. The fourth-order valence-corrected chi connectivity index (χ4v) is 3.16. The summed E-state index contributed by atoms with van der Waals surface area (Å²) in [5.41, 5.74) is 2.45. The van der Waals surface area contributed by atoms with Crippen LogP contribution in [0.15, 0.2) is 24.3 Å². The van der Waals surface area contributed by atoms with Crippen molar-refractivity contribution in [2.24, 2.45) is 5.92 Å². The molecule has 2 aliphatic rings. The van der Waals surface area contributed by atoms with Gasteiger partial charge in [0.25, 0.3) is 0 Å². The second-order valence-electron chi connectivity index (χ2n) is 5.93. The average molecular weight is 258 g/mol. The smallest absolute Gasteiger partial charge is 0.238 e. The van der Waals surface area contributed by atoms with E-state index < -0.39 is 0 Å². The Morgan fingerprint density at radius 3 is 2.53 bits per heavy atom. The summed E-state index contributed by atoms with van der Waals surface area (Å²) in [6.45, 7) is 4.76. The number of nitrogens with zero attached hydrogens (tertiary/aromatic N) is 1. The van der Waals surface area contributed by atoms with E-state index in [2.05, 4.69) is 48.3 Å². The monoisotopic (exact) mass is 258 g/mol. The normalized spacial score (nSPS) is 25.5. The molecule has 19 heavy (non-hydrogen) atoms. The van der Waals surface area contributed by atoms with Crippen molar-refractivity contribution in [2.75, 3.05) is 6.54 Å². The lowest BCUT2D eigenvalue weighted by Gasteiger charge is -2.39. The third kappa shape index (κ3) is 2.27. The fourth-order valence-electron chi connectivity index (χ4n) is 3.16. The van der Waals surface area contributed by atoms with Gasteiger partial charge in [-0.05, 0) is 38.2 Å². The topological polar surface area (TPSA) is 32.3 Å². The molecule has 1 saturated carbocycles. The minimum atomic E-state index is 0.0590. The number of carbonyl (C=O) groups excluding carboxylic acids is 1. The summed E-state index contributed by atoms with van der Waals surface area (Å²) in [5, 5.41) is 3.35. The van der Waals surface area contributed by atoms with Crippen molar-refractivity contribution >= 4 is 5.91 Å². The van der Waals surface area contributed by atoms with E-state index in [0.717, 1.165) is 0 Å². The second-order valence-corrected chi connectivity index (χ2v) is 5.93. The highest BCUT2D eigenvalue weighted by Gasteiger charge is 2.39. The van der Waals surface area contributed by atoms with Gasteiger partial charge in [0.2, 0.25) is 5.91 Å². The summed E-state index contributed by atoms with van der Waals surface area (Å²) in [4.78, 5) is 14.2. The third-order valence-corrected chi connectivity index (χ3v) is 4.68. The number of aryl methyl sites for hydroxylation is 1. The van der Waals surface area contributed by atoms with E-state index in [9.17, 15) is 4.79 Å². The lowest BCUT2D eigenvalue weighted by atomic mass is 9.79. The SMILES string of the molecule is Cc1ccc(C2NCC(=O)N2C(C)C2CCC2)cc1. The molecule has 0 spiro atoms. The van der Waals surface area contributed by atoms with Crippen molar-refractivity contribution < 1.29 is 4.79 Å². The van der Waals surface area contributed by atoms with Gasteiger partial charge in [-0.3, -0.25) is 10.1 Å². The molecule has 1 aromatic rings. The first-order valence-electron chi connectivity index (χ1n) is 7.28. The number of rotatable bonds is 3. The first kappa shape index (κ1) is 12.7. The van der Waals surface area contributed by atoms with Gasteiger partial charge in [0.05, 0.1) is 6.54 Å². The molecular formula is C16H22N2O. The highest BCUT2D eigenvalue weighted by molar-refractivity contribution is 5.81. The van der Waals surface area contributed by atoms with Crippen LogP contribution in [0.5, 0.6) is 0 Å². The molecule has 3 heteroatoms. The van der Waals surface area contributed by atoms with Crippen LogP contribution >= 0.6 is 0 Å². The quantitative estimate of drug-likeness (QED) is 0.904. The molecule has 3 rings (SSSR count). The number of hydrogen-bond acceptors (Lipinski definition) is 2. The van der Waals surface area contributed by atoms with Gasteiger partial charge < -0.3 is 4.90 Å². The first-order chi connectivity index (χ1) is 9.16. The second kappa shape index (κ2) is 4.97. The lowest BCUT2D eigenvalue weighted by Crippen LogP contribution is -2.44. The highest BCUT2D eigenvalue weighted by atomic mass is 16.2. The van der Waals surface area contributed by atoms with Crippen molar-refractivity contribution in [2.45, 2.75) is 45.3 Å². The molecule has 3 nitrogen and oxygen atoms in total. The van der Waals surface area contributed by atoms with Gasteiger partial charge in [-0.15, -0.1) is 0 Å². The van der Waals surface area contributed by atoms with E-state index in [1.54, 1.807) is 0 Å². The predicted octanol–water partition coefficient (Wildman–Crippen LogP) is 2.61. The third-order valence-electron chi connectivity index (χ3n) is 4.68. The Morgan fingerprint density at radius 1 is 1.26 bits per heavy atom. The summed E-state index contributed by atoms with van der Waals surface area (Å²) in [7, 11) is 0. The van der Waals surface area contributed by atoms with Crippen LogP contribution in [-0.4, -0.2) is 23.4 Å². The largest absolute Gasteiger partial charge is 0.319 e.